The molecule has 0 spiro atoms. The van der Waals surface area contributed by atoms with E-state index < -0.39 is 0 Å². The summed E-state index contributed by atoms with van der Waals surface area (Å²) in [6.45, 7) is 0.831. The lowest BCUT2D eigenvalue weighted by atomic mass is 10.2. The first kappa shape index (κ1) is 13.5. The van der Waals surface area contributed by atoms with Crippen LogP contribution in [0.5, 0.6) is 0 Å². The summed E-state index contributed by atoms with van der Waals surface area (Å²) in [5, 5.41) is 1.05. The number of aryl methyl sites for hydroxylation is 1. The normalized spacial score (nSPS) is 10.8. The van der Waals surface area contributed by atoms with Crippen LogP contribution in [0.2, 0.25) is 0 Å². The Labute approximate surface area is 111 Å². The number of benzene rings is 1. The Morgan fingerprint density at radius 2 is 2.11 bits per heavy atom. The van der Waals surface area contributed by atoms with E-state index in [4.69, 9.17) is 5.84 Å². The first-order valence-corrected chi connectivity index (χ1v) is 6.44. The van der Waals surface area contributed by atoms with Crippen molar-refractivity contribution in [3.63, 3.8) is 0 Å². The second kappa shape index (κ2) is 6.33. The number of carbonyl (C=O) groups excluding carboxylic acids is 1. The van der Waals surface area contributed by atoms with Crippen LogP contribution < -0.4 is 11.3 Å². The Morgan fingerprint density at radius 3 is 2.89 bits per heavy atom. The van der Waals surface area contributed by atoms with E-state index in [9.17, 15) is 9.18 Å². The van der Waals surface area contributed by atoms with Gasteiger partial charge in [-0.05, 0) is 42.5 Å². The molecule has 5 heteroatoms. The first-order valence-electron chi connectivity index (χ1n) is 6.44. The molecule has 0 radical (unpaired) electrons. The van der Waals surface area contributed by atoms with Crippen molar-refractivity contribution >= 4 is 16.8 Å². The van der Waals surface area contributed by atoms with Crippen LogP contribution in [0.3, 0.4) is 0 Å². The standard InChI is InChI=1S/C14H18FN3O/c15-12-6-5-11-7-9-18(13(11)10-12)8-3-1-2-4-14(19)17-16/h5-7,9-10H,1-4,8,16H2,(H,17,19). The third-order valence-electron chi connectivity index (χ3n) is 3.20. The van der Waals surface area contributed by atoms with Gasteiger partial charge in [0.05, 0.1) is 5.52 Å². The molecule has 0 saturated carbocycles. The molecule has 4 nitrogen and oxygen atoms in total. The van der Waals surface area contributed by atoms with E-state index in [1.165, 1.54) is 6.07 Å². The van der Waals surface area contributed by atoms with Gasteiger partial charge in [-0.15, -0.1) is 0 Å². The molecule has 0 atom stereocenters. The number of carbonyl (C=O) groups is 1. The van der Waals surface area contributed by atoms with Crippen molar-refractivity contribution in [1.82, 2.24) is 9.99 Å². The van der Waals surface area contributed by atoms with Crippen LogP contribution in [0, 0.1) is 5.82 Å². The molecule has 0 fully saturated rings. The van der Waals surface area contributed by atoms with Crippen LogP contribution >= 0.6 is 0 Å². The van der Waals surface area contributed by atoms with Gasteiger partial charge in [0, 0.05) is 19.2 Å². The number of hydrogen-bond donors (Lipinski definition) is 2. The summed E-state index contributed by atoms with van der Waals surface area (Å²) in [6.07, 6.45) is 5.14. The van der Waals surface area contributed by atoms with Crippen molar-refractivity contribution in [2.75, 3.05) is 0 Å². The minimum Gasteiger partial charge on any atom is -0.347 e. The Bertz CT molecular complexity index is 565. The molecule has 19 heavy (non-hydrogen) atoms. The summed E-state index contributed by atoms with van der Waals surface area (Å²) >= 11 is 0. The maximum atomic E-state index is 13.2. The number of halogens is 1. The number of amides is 1. The van der Waals surface area contributed by atoms with Gasteiger partial charge in [0.25, 0.3) is 0 Å². The summed E-state index contributed by atoms with van der Waals surface area (Å²) < 4.78 is 15.2. The summed E-state index contributed by atoms with van der Waals surface area (Å²) in [4.78, 5) is 10.9. The van der Waals surface area contributed by atoms with Gasteiger partial charge in [-0.2, -0.15) is 0 Å². The minimum atomic E-state index is -0.216. The minimum absolute atomic E-state index is 0.131. The van der Waals surface area contributed by atoms with Gasteiger partial charge in [0.2, 0.25) is 5.91 Å². The van der Waals surface area contributed by atoms with E-state index in [0.717, 1.165) is 36.7 Å². The van der Waals surface area contributed by atoms with Gasteiger partial charge in [0.15, 0.2) is 0 Å². The van der Waals surface area contributed by atoms with E-state index >= 15 is 0 Å². The van der Waals surface area contributed by atoms with E-state index in [1.54, 1.807) is 12.1 Å². The highest BCUT2D eigenvalue weighted by Gasteiger charge is 2.03. The third kappa shape index (κ3) is 3.54. The molecule has 0 aliphatic carbocycles. The smallest absolute Gasteiger partial charge is 0.233 e. The Kier molecular flexibility index (Phi) is 4.52. The van der Waals surface area contributed by atoms with Gasteiger partial charge < -0.3 is 4.57 Å². The summed E-state index contributed by atoms with van der Waals surface area (Å²) in [7, 11) is 0. The average Bonchev–Trinajstić information content (AvgIpc) is 2.80. The van der Waals surface area contributed by atoms with Crippen molar-refractivity contribution in [3.05, 3.63) is 36.3 Å². The zero-order chi connectivity index (χ0) is 13.7. The third-order valence-corrected chi connectivity index (χ3v) is 3.20. The molecular formula is C14H18FN3O. The summed E-state index contributed by atoms with van der Waals surface area (Å²) in [5.74, 6) is 4.65. The summed E-state index contributed by atoms with van der Waals surface area (Å²) in [5.41, 5.74) is 3.03. The van der Waals surface area contributed by atoms with Crippen molar-refractivity contribution in [2.24, 2.45) is 5.84 Å². The molecule has 102 valence electrons. The van der Waals surface area contributed by atoms with E-state index in [2.05, 4.69) is 5.43 Å². The van der Waals surface area contributed by atoms with Crippen LogP contribution in [0.1, 0.15) is 25.7 Å². The fourth-order valence-electron chi connectivity index (χ4n) is 2.17. The molecule has 0 aliphatic rings. The zero-order valence-corrected chi connectivity index (χ0v) is 10.7. The highest BCUT2D eigenvalue weighted by molar-refractivity contribution is 5.80. The molecule has 0 unspecified atom stereocenters. The zero-order valence-electron chi connectivity index (χ0n) is 10.7. The van der Waals surface area contributed by atoms with Crippen LogP contribution in [0.25, 0.3) is 10.9 Å². The lowest BCUT2D eigenvalue weighted by molar-refractivity contribution is -0.121. The number of nitrogens with one attached hydrogen (secondary N) is 1. The van der Waals surface area contributed by atoms with Gasteiger partial charge in [0.1, 0.15) is 5.82 Å². The Balaban J connectivity index is 1.85. The Morgan fingerprint density at radius 1 is 1.26 bits per heavy atom. The highest BCUT2D eigenvalue weighted by Crippen LogP contribution is 2.18. The number of unbranched alkanes of at least 4 members (excludes halogenated alkanes) is 2. The molecule has 0 saturated heterocycles. The average molecular weight is 263 g/mol. The lowest BCUT2D eigenvalue weighted by Gasteiger charge is -2.05. The topological polar surface area (TPSA) is 60.0 Å². The van der Waals surface area contributed by atoms with Crippen LogP contribution in [-0.2, 0) is 11.3 Å². The lowest BCUT2D eigenvalue weighted by Crippen LogP contribution is -2.29. The second-order valence-corrected chi connectivity index (χ2v) is 4.59. The molecule has 3 N–H and O–H groups in total. The Hall–Kier alpha value is -1.88. The predicted molar refractivity (Wildman–Crippen MR) is 72.7 cm³/mol. The van der Waals surface area contributed by atoms with Crippen molar-refractivity contribution in [1.29, 1.82) is 0 Å². The van der Waals surface area contributed by atoms with Crippen molar-refractivity contribution < 1.29 is 9.18 Å². The second-order valence-electron chi connectivity index (χ2n) is 4.59. The first-order chi connectivity index (χ1) is 9.20. The largest absolute Gasteiger partial charge is 0.347 e. The molecule has 1 aromatic heterocycles. The number of hydrazine groups is 1. The molecule has 1 amide bonds. The van der Waals surface area contributed by atoms with Crippen LogP contribution in [0.4, 0.5) is 4.39 Å². The molecular weight excluding hydrogens is 245 g/mol. The molecule has 1 heterocycles. The number of aromatic nitrogens is 1. The number of hydrogen-bond acceptors (Lipinski definition) is 2. The van der Waals surface area contributed by atoms with Crippen LogP contribution in [0.15, 0.2) is 30.5 Å². The number of fused-ring (bicyclic) bond motifs is 1. The van der Waals surface area contributed by atoms with Crippen molar-refractivity contribution in [3.8, 4) is 0 Å². The van der Waals surface area contributed by atoms with E-state index in [-0.39, 0.29) is 11.7 Å². The quantitative estimate of drug-likeness (QED) is 0.364. The van der Waals surface area contributed by atoms with Gasteiger partial charge >= 0.3 is 0 Å². The molecule has 0 bridgehead atoms. The molecule has 0 aliphatic heterocycles. The number of rotatable bonds is 6. The van der Waals surface area contributed by atoms with Crippen LogP contribution in [-0.4, -0.2) is 10.5 Å². The van der Waals surface area contributed by atoms with Crippen molar-refractivity contribution in [2.45, 2.75) is 32.2 Å². The maximum Gasteiger partial charge on any atom is 0.233 e. The molecule has 2 aromatic rings. The predicted octanol–water partition coefficient (Wildman–Crippen LogP) is 2.33. The molecule has 1 aromatic carbocycles. The summed E-state index contributed by atoms with van der Waals surface area (Å²) in [6, 6.07) is 6.79. The van der Waals surface area contributed by atoms with E-state index in [0.29, 0.717) is 6.42 Å². The fourth-order valence-corrected chi connectivity index (χ4v) is 2.17. The highest BCUT2D eigenvalue weighted by atomic mass is 19.1. The van der Waals surface area contributed by atoms with Gasteiger partial charge in [-0.25, -0.2) is 10.2 Å². The number of nitrogens with zero attached hydrogens (tertiary/aromatic N) is 1. The fraction of sp³-hybridized carbons (Fsp3) is 0.357. The molecule has 2 rings (SSSR count). The van der Waals surface area contributed by atoms with E-state index in [1.807, 2.05) is 16.8 Å². The maximum absolute atomic E-state index is 13.2. The number of nitrogens with two attached hydrogens (primary N) is 1. The SMILES string of the molecule is NNC(=O)CCCCCn1ccc2ccc(F)cc21. The van der Waals surface area contributed by atoms with Gasteiger partial charge in [-0.1, -0.05) is 6.42 Å². The van der Waals surface area contributed by atoms with Gasteiger partial charge in [-0.3, -0.25) is 10.2 Å². The monoisotopic (exact) mass is 263 g/mol.